The number of nitrogens with two attached hydrogens (primary N) is 1. The Bertz CT molecular complexity index is 1030. The summed E-state index contributed by atoms with van der Waals surface area (Å²) in [5.74, 6) is -0.0745. The van der Waals surface area contributed by atoms with Gasteiger partial charge in [-0.3, -0.25) is 9.69 Å². The number of benzene rings is 2. The number of nitrogens with one attached hydrogen (secondary N) is 1. The number of rotatable bonds is 9. The standard InChI is InChI=1S/C23H31N3O4S.CH5N.H2/c1-18-8-6-11-21(23(18)31(28,29)25(2)3)30-17-22(27)24-13-7-14-26-15-12-19-9-4-5-10-20(19)16-26;1-2;/h4-6,8-11H,7,12-17H2,1-3H3,(H,24,27);2H2,1H3;1H. The average Bonchev–Trinajstić information content (AvgIpc) is 2.81. The molecule has 0 aromatic heterocycles. The molecule has 0 radical (unpaired) electrons. The van der Waals surface area contributed by atoms with Crippen molar-refractivity contribution in [3.63, 3.8) is 0 Å². The van der Waals surface area contributed by atoms with Gasteiger partial charge in [0, 0.05) is 41.7 Å². The molecule has 0 bridgehead atoms. The van der Waals surface area contributed by atoms with Crippen LogP contribution >= 0.6 is 0 Å². The van der Waals surface area contributed by atoms with E-state index in [0.717, 1.165) is 36.8 Å². The molecule has 2 aromatic rings. The Morgan fingerprint density at radius 1 is 1.15 bits per heavy atom. The minimum Gasteiger partial charge on any atom is -0.482 e. The average molecular weight is 479 g/mol. The van der Waals surface area contributed by atoms with Gasteiger partial charge in [0.05, 0.1) is 0 Å². The summed E-state index contributed by atoms with van der Waals surface area (Å²) in [6.07, 6.45) is 1.91. The van der Waals surface area contributed by atoms with E-state index in [4.69, 9.17) is 4.74 Å². The largest absolute Gasteiger partial charge is 0.482 e. The van der Waals surface area contributed by atoms with Crippen molar-refractivity contribution in [3.05, 3.63) is 59.2 Å². The van der Waals surface area contributed by atoms with Gasteiger partial charge in [0.15, 0.2) is 6.61 Å². The molecule has 1 amide bonds. The summed E-state index contributed by atoms with van der Waals surface area (Å²) >= 11 is 0. The highest BCUT2D eigenvalue weighted by Gasteiger charge is 2.25. The summed E-state index contributed by atoms with van der Waals surface area (Å²) in [5.41, 5.74) is 7.89. The molecule has 3 rings (SSSR count). The molecule has 1 heterocycles. The van der Waals surface area contributed by atoms with Crippen molar-refractivity contribution in [1.29, 1.82) is 0 Å². The molecular formula is C24H38N4O4S. The lowest BCUT2D eigenvalue weighted by Crippen LogP contribution is -2.35. The number of sulfonamides is 1. The summed E-state index contributed by atoms with van der Waals surface area (Å²) in [5, 5.41) is 2.86. The highest BCUT2D eigenvalue weighted by molar-refractivity contribution is 7.89. The molecule has 3 N–H and O–H groups in total. The number of carbonyl (C=O) groups excluding carboxylic acids is 1. The SMILES string of the molecule is CN.Cc1cccc(OCC(=O)NCCCN2CCc3ccccc3C2)c1S(=O)(=O)N(C)C.[HH]. The smallest absolute Gasteiger partial charge is 0.257 e. The van der Waals surface area contributed by atoms with E-state index in [9.17, 15) is 13.2 Å². The van der Waals surface area contributed by atoms with E-state index >= 15 is 0 Å². The van der Waals surface area contributed by atoms with E-state index in [0.29, 0.717) is 12.1 Å². The van der Waals surface area contributed by atoms with Crippen LogP contribution in [0, 0.1) is 6.92 Å². The maximum atomic E-state index is 12.6. The summed E-state index contributed by atoms with van der Waals surface area (Å²) in [7, 11) is 0.773. The number of hydrogen-bond donors (Lipinski definition) is 2. The topological polar surface area (TPSA) is 105 Å². The summed E-state index contributed by atoms with van der Waals surface area (Å²) in [6, 6.07) is 13.5. The van der Waals surface area contributed by atoms with E-state index in [1.165, 1.54) is 32.3 Å². The van der Waals surface area contributed by atoms with Gasteiger partial charge < -0.3 is 15.8 Å². The van der Waals surface area contributed by atoms with Gasteiger partial charge in [0.25, 0.3) is 5.91 Å². The molecule has 0 spiro atoms. The fourth-order valence-corrected chi connectivity index (χ4v) is 4.94. The van der Waals surface area contributed by atoms with Crippen LogP contribution in [0.1, 0.15) is 24.5 Å². The Morgan fingerprint density at radius 3 is 2.55 bits per heavy atom. The van der Waals surface area contributed by atoms with Crippen LogP contribution in [-0.2, 0) is 27.8 Å². The first-order valence-corrected chi connectivity index (χ1v) is 12.5. The Kier molecular flexibility index (Phi) is 10.3. The number of carbonyl (C=O) groups is 1. The van der Waals surface area contributed by atoms with Gasteiger partial charge in [-0.15, -0.1) is 0 Å². The molecule has 8 nitrogen and oxygen atoms in total. The Hall–Kier alpha value is -2.46. The predicted molar refractivity (Wildman–Crippen MR) is 133 cm³/mol. The summed E-state index contributed by atoms with van der Waals surface area (Å²) < 4.78 is 31.9. The Labute approximate surface area is 199 Å². The molecule has 33 heavy (non-hydrogen) atoms. The third kappa shape index (κ3) is 7.26. The summed E-state index contributed by atoms with van der Waals surface area (Å²) in [6.45, 7) is 4.93. The lowest BCUT2D eigenvalue weighted by Gasteiger charge is -2.28. The second kappa shape index (κ2) is 12.7. The summed E-state index contributed by atoms with van der Waals surface area (Å²) in [4.78, 5) is 14.7. The molecule has 0 saturated carbocycles. The third-order valence-electron chi connectivity index (χ3n) is 5.46. The molecular weight excluding hydrogens is 440 g/mol. The molecule has 0 fully saturated rings. The molecule has 1 aliphatic heterocycles. The first kappa shape index (κ1) is 26.8. The quantitative estimate of drug-likeness (QED) is 0.534. The van der Waals surface area contributed by atoms with Gasteiger partial charge in [0.1, 0.15) is 10.6 Å². The van der Waals surface area contributed by atoms with Crippen molar-refractivity contribution >= 4 is 15.9 Å². The molecule has 0 saturated heterocycles. The predicted octanol–water partition coefficient (Wildman–Crippen LogP) is 2.01. The number of amides is 1. The van der Waals surface area contributed by atoms with Crippen LogP contribution in [0.25, 0.3) is 0 Å². The zero-order valence-corrected chi connectivity index (χ0v) is 20.8. The van der Waals surface area contributed by atoms with E-state index < -0.39 is 10.0 Å². The number of ether oxygens (including phenoxy) is 1. The van der Waals surface area contributed by atoms with Crippen molar-refractivity contribution in [1.82, 2.24) is 14.5 Å². The second-order valence-corrected chi connectivity index (χ2v) is 10.1. The monoisotopic (exact) mass is 478 g/mol. The minimum absolute atomic E-state index is 0. The van der Waals surface area contributed by atoms with Crippen LogP contribution in [0.4, 0.5) is 0 Å². The highest BCUT2D eigenvalue weighted by Crippen LogP contribution is 2.29. The van der Waals surface area contributed by atoms with E-state index in [1.54, 1.807) is 25.1 Å². The maximum absolute atomic E-state index is 12.6. The normalized spacial score (nSPS) is 13.6. The Balaban J connectivity index is 0.00000188. The fourth-order valence-electron chi connectivity index (χ4n) is 3.72. The van der Waals surface area contributed by atoms with Gasteiger partial charge in [-0.25, -0.2) is 12.7 Å². The third-order valence-corrected chi connectivity index (χ3v) is 7.46. The van der Waals surface area contributed by atoms with Gasteiger partial charge in [-0.1, -0.05) is 36.4 Å². The van der Waals surface area contributed by atoms with Gasteiger partial charge in [-0.2, -0.15) is 0 Å². The van der Waals surface area contributed by atoms with Crippen LogP contribution < -0.4 is 15.8 Å². The number of hydrogen-bond acceptors (Lipinski definition) is 6. The lowest BCUT2D eigenvalue weighted by atomic mass is 10.00. The first-order chi connectivity index (χ1) is 15.8. The Morgan fingerprint density at radius 2 is 1.85 bits per heavy atom. The van der Waals surface area contributed by atoms with Gasteiger partial charge in [-0.05, 0) is 49.6 Å². The number of aryl methyl sites for hydroxylation is 1. The first-order valence-electron chi connectivity index (χ1n) is 11.1. The fraction of sp³-hybridized carbons (Fsp3) is 0.458. The second-order valence-electron chi connectivity index (χ2n) is 7.98. The van der Waals surface area contributed by atoms with Crippen molar-refractivity contribution in [2.24, 2.45) is 5.73 Å². The maximum Gasteiger partial charge on any atom is 0.257 e. The van der Waals surface area contributed by atoms with Crippen molar-refractivity contribution < 1.29 is 19.4 Å². The van der Waals surface area contributed by atoms with E-state index in [1.807, 2.05) is 0 Å². The number of fused-ring (bicyclic) bond motifs is 1. The van der Waals surface area contributed by atoms with Gasteiger partial charge >= 0.3 is 0 Å². The highest BCUT2D eigenvalue weighted by atomic mass is 32.2. The zero-order valence-electron chi connectivity index (χ0n) is 20.0. The minimum atomic E-state index is -3.67. The molecule has 9 heteroatoms. The van der Waals surface area contributed by atoms with Gasteiger partial charge in [0.2, 0.25) is 10.0 Å². The van der Waals surface area contributed by atoms with E-state index in [-0.39, 0.29) is 24.6 Å². The van der Waals surface area contributed by atoms with E-state index in [2.05, 4.69) is 40.2 Å². The molecule has 0 atom stereocenters. The van der Waals surface area contributed by atoms with Crippen LogP contribution in [0.5, 0.6) is 5.75 Å². The van der Waals surface area contributed by atoms with Crippen molar-refractivity contribution in [3.8, 4) is 5.75 Å². The molecule has 0 aliphatic carbocycles. The van der Waals surface area contributed by atoms with Crippen LogP contribution in [0.2, 0.25) is 0 Å². The van der Waals surface area contributed by atoms with Crippen LogP contribution in [0.15, 0.2) is 47.4 Å². The number of nitrogens with zero attached hydrogens (tertiary/aromatic N) is 2. The van der Waals surface area contributed by atoms with Crippen LogP contribution in [0.3, 0.4) is 0 Å². The molecule has 0 unspecified atom stereocenters. The van der Waals surface area contributed by atoms with Crippen LogP contribution in [-0.4, -0.2) is 70.9 Å². The van der Waals surface area contributed by atoms with Crippen molar-refractivity contribution in [2.75, 3.05) is 47.4 Å². The molecule has 184 valence electrons. The van der Waals surface area contributed by atoms with Crippen molar-refractivity contribution in [2.45, 2.75) is 31.2 Å². The molecule has 1 aliphatic rings. The molecule has 2 aromatic carbocycles. The lowest BCUT2D eigenvalue weighted by molar-refractivity contribution is -0.123. The zero-order chi connectivity index (χ0) is 24.4.